The molecule has 140 valence electrons. The van der Waals surface area contributed by atoms with E-state index >= 15 is 0 Å². The molecule has 0 radical (unpaired) electrons. The molecule has 0 unspecified atom stereocenters. The lowest BCUT2D eigenvalue weighted by Crippen LogP contribution is -2.31. The van der Waals surface area contributed by atoms with Gasteiger partial charge in [-0.15, -0.1) is 0 Å². The van der Waals surface area contributed by atoms with Gasteiger partial charge in [0.05, 0.1) is 16.3 Å². The highest BCUT2D eigenvalue weighted by Gasteiger charge is 2.22. The van der Waals surface area contributed by atoms with Gasteiger partial charge in [0, 0.05) is 6.04 Å². The summed E-state index contributed by atoms with van der Waals surface area (Å²) in [5, 5.41) is 16.8. The number of anilines is 1. The van der Waals surface area contributed by atoms with E-state index in [4.69, 9.17) is 15.2 Å². The van der Waals surface area contributed by atoms with Crippen molar-refractivity contribution < 1.29 is 19.1 Å². The number of benzene rings is 1. The van der Waals surface area contributed by atoms with E-state index in [1.807, 2.05) is 5.48 Å². The number of rotatable bonds is 5. The highest BCUT2D eigenvalue weighted by Crippen LogP contribution is 2.24. The topological polar surface area (TPSA) is 131 Å². The summed E-state index contributed by atoms with van der Waals surface area (Å²) in [4.78, 5) is 9.78. The van der Waals surface area contributed by atoms with E-state index in [0.717, 1.165) is 25.7 Å². The number of nitrogens with two attached hydrogens (primary N) is 1. The Morgan fingerprint density at radius 2 is 2.12 bits per heavy atom. The molecule has 1 saturated carbocycles. The Morgan fingerprint density at radius 3 is 2.81 bits per heavy atom. The number of nitrogens with one attached hydrogen (secondary N) is 2. The minimum absolute atomic E-state index is 0.00474. The molecule has 5 N–H and O–H groups in total. The van der Waals surface area contributed by atoms with Gasteiger partial charge in [-0.1, -0.05) is 0 Å². The van der Waals surface area contributed by atoms with Gasteiger partial charge in [0.2, 0.25) is 5.82 Å². The van der Waals surface area contributed by atoms with Crippen molar-refractivity contribution in [3.63, 3.8) is 0 Å². The smallest absolute Gasteiger partial charge is 0.225 e. The van der Waals surface area contributed by atoms with Gasteiger partial charge in [0.25, 0.3) is 0 Å². The Hall–Kier alpha value is -2.08. The number of amidine groups is 1. The first kappa shape index (κ1) is 18.7. The van der Waals surface area contributed by atoms with Crippen LogP contribution in [0.1, 0.15) is 31.4 Å². The first-order valence-electron chi connectivity index (χ1n) is 8.01. The second-order valence-electron chi connectivity index (χ2n) is 5.89. The van der Waals surface area contributed by atoms with Crippen molar-refractivity contribution in [2.24, 2.45) is 10.7 Å². The zero-order valence-electron chi connectivity index (χ0n) is 13.7. The summed E-state index contributed by atoms with van der Waals surface area (Å²) >= 11 is 3.08. The summed E-state index contributed by atoms with van der Waals surface area (Å²) in [7, 11) is 0. The lowest BCUT2D eigenvalue weighted by molar-refractivity contribution is 0.0627. The number of nitrogens with zero attached hydrogens (tertiary/aromatic N) is 3. The molecule has 3 rings (SSSR count). The van der Waals surface area contributed by atoms with Gasteiger partial charge < -0.3 is 5.73 Å². The number of hydroxylamine groups is 1. The molecule has 1 heterocycles. The highest BCUT2D eigenvalue weighted by molar-refractivity contribution is 9.10. The van der Waals surface area contributed by atoms with Crippen LogP contribution >= 0.6 is 15.9 Å². The van der Waals surface area contributed by atoms with Crippen molar-refractivity contribution in [1.29, 1.82) is 0 Å². The number of hydrogen-bond donors (Lipinski definition) is 4. The first-order valence-corrected chi connectivity index (χ1v) is 8.80. The molecule has 0 aliphatic heterocycles. The highest BCUT2D eigenvalue weighted by atomic mass is 79.9. The van der Waals surface area contributed by atoms with Crippen LogP contribution in [-0.2, 0) is 4.84 Å². The van der Waals surface area contributed by atoms with Crippen molar-refractivity contribution in [3.05, 3.63) is 34.2 Å². The fraction of sp³-hybridized carbons (Fsp3) is 0.400. The summed E-state index contributed by atoms with van der Waals surface area (Å²) in [6.07, 6.45) is 3.44. The maximum Gasteiger partial charge on any atom is 0.225 e. The lowest BCUT2D eigenvalue weighted by atomic mass is 9.94. The molecule has 1 aliphatic rings. The molecule has 11 heteroatoms. The summed E-state index contributed by atoms with van der Waals surface area (Å²) < 4.78 is 18.3. The van der Waals surface area contributed by atoms with Gasteiger partial charge in [0.15, 0.2) is 11.5 Å². The monoisotopic (exact) mass is 428 g/mol. The molecule has 0 bridgehead atoms. The van der Waals surface area contributed by atoms with Crippen LogP contribution in [0.4, 0.5) is 15.9 Å². The van der Waals surface area contributed by atoms with Gasteiger partial charge >= 0.3 is 0 Å². The molecule has 1 fully saturated rings. The van der Waals surface area contributed by atoms with E-state index in [-0.39, 0.29) is 34.0 Å². The molecule has 1 aromatic carbocycles. The van der Waals surface area contributed by atoms with E-state index in [2.05, 4.69) is 36.7 Å². The molecule has 2 aromatic rings. The van der Waals surface area contributed by atoms with Crippen LogP contribution in [0.2, 0.25) is 0 Å². The zero-order valence-corrected chi connectivity index (χ0v) is 15.2. The maximum absolute atomic E-state index is 13.3. The van der Waals surface area contributed by atoms with E-state index in [0.29, 0.717) is 5.69 Å². The van der Waals surface area contributed by atoms with Crippen LogP contribution in [0, 0.1) is 5.82 Å². The fourth-order valence-corrected chi connectivity index (χ4v) is 2.94. The predicted molar refractivity (Wildman–Crippen MR) is 94.5 cm³/mol. The summed E-state index contributed by atoms with van der Waals surface area (Å²) in [5.74, 6) is -0.309. The zero-order chi connectivity index (χ0) is 18.5. The van der Waals surface area contributed by atoms with Crippen molar-refractivity contribution in [1.82, 2.24) is 15.8 Å². The third-order valence-corrected chi connectivity index (χ3v) is 4.61. The Kier molecular flexibility index (Phi) is 6.14. The number of hydrogen-bond acceptors (Lipinski definition) is 8. The molecule has 26 heavy (non-hydrogen) atoms. The van der Waals surface area contributed by atoms with Gasteiger partial charge in [0.1, 0.15) is 5.82 Å². The van der Waals surface area contributed by atoms with Crippen LogP contribution in [0.3, 0.4) is 0 Å². The summed E-state index contributed by atoms with van der Waals surface area (Å²) in [5.41, 5.74) is 11.0. The number of aromatic nitrogens is 2. The largest absolute Gasteiger partial charge is 0.328 e. The Labute approximate surface area is 156 Å². The minimum atomic E-state index is -0.423. The Balaban J connectivity index is 1.72. The summed E-state index contributed by atoms with van der Waals surface area (Å²) in [6.45, 7) is 0. The average molecular weight is 429 g/mol. The van der Waals surface area contributed by atoms with Crippen LogP contribution in [0.15, 0.2) is 32.3 Å². The van der Waals surface area contributed by atoms with Crippen molar-refractivity contribution in [2.45, 2.75) is 37.8 Å². The number of halogens is 2. The molecule has 0 amide bonds. The lowest BCUT2D eigenvalue weighted by Gasteiger charge is -2.25. The third-order valence-electron chi connectivity index (χ3n) is 4.00. The predicted octanol–water partition coefficient (Wildman–Crippen LogP) is 2.64. The Bertz CT molecular complexity index is 778. The molecule has 0 saturated heterocycles. The van der Waals surface area contributed by atoms with E-state index < -0.39 is 5.82 Å². The number of aliphatic imine (C=N–C) groups is 1. The van der Waals surface area contributed by atoms with Gasteiger partial charge in [-0.25, -0.2) is 19.5 Å². The fourth-order valence-electron chi connectivity index (χ4n) is 2.57. The van der Waals surface area contributed by atoms with Crippen LogP contribution < -0.4 is 16.7 Å². The van der Waals surface area contributed by atoms with Crippen LogP contribution in [0.5, 0.6) is 0 Å². The summed E-state index contributed by atoms with van der Waals surface area (Å²) in [6, 6.07) is 4.36. The molecule has 9 nitrogen and oxygen atoms in total. The minimum Gasteiger partial charge on any atom is -0.328 e. The van der Waals surface area contributed by atoms with Gasteiger partial charge in [-0.2, -0.15) is 0 Å². The Morgan fingerprint density at radius 1 is 1.35 bits per heavy atom. The standard InChI is InChI=1S/C15H18BrFN6O3/c16-11-7-9(3-6-12(11)17)19-14(20-24)13-15(23-26-21-13)22-25-10-4-1-8(18)2-5-10/h3,6-8,10,24H,1-2,4-5,18H2,(H,19,20)(H,22,23). The van der Waals surface area contributed by atoms with Crippen LogP contribution in [0.25, 0.3) is 0 Å². The van der Waals surface area contributed by atoms with Crippen molar-refractivity contribution in [2.75, 3.05) is 5.48 Å². The SMILES string of the molecule is NC1CCC(ONc2nonc2C(=Nc2ccc(F)c(Br)c2)NO)CC1. The molecule has 1 aliphatic carbocycles. The van der Waals surface area contributed by atoms with E-state index in [1.165, 1.54) is 18.2 Å². The normalized spacial score (nSPS) is 20.8. The van der Waals surface area contributed by atoms with Crippen molar-refractivity contribution in [3.8, 4) is 0 Å². The van der Waals surface area contributed by atoms with Crippen LogP contribution in [-0.4, -0.2) is 33.5 Å². The quantitative estimate of drug-likeness (QED) is 0.324. The third kappa shape index (κ3) is 4.55. The molecule has 0 atom stereocenters. The molecular weight excluding hydrogens is 411 g/mol. The molecule has 0 spiro atoms. The van der Waals surface area contributed by atoms with Gasteiger partial charge in [-0.05, 0) is 70.1 Å². The molecule has 1 aromatic heterocycles. The van der Waals surface area contributed by atoms with E-state index in [1.54, 1.807) is 0 Å². The second kappa shape index (κ2) is 8.54. The van der Waals surface area contributed by atoms with Gasteiger partial charge in [-0.3, -0.25) is 15.5 Å². The maximum atomic E-state index is 13.3. The second-order valence-corrected chi connectivity index (χ2v) is 6.74. The molecular formula is C15H18BrFN6O3. The van der Waals surface area contributed by atoms with E-state index in [9.17, 15) is 9.60 Å². The first-order chi connectivity index (χ1) is 12.6. The average Bonchev–Trinajstić information content (AvgIpc) is 3.10. The van der Waals surface area contributed by atoms with Crippen molar-refractivity contribution >= 4 is 33.3 Å².